The largest absolute Gasteiger partial charge is 0.394 e. The maximum atomic E-state index is 11.5. The van der Waals surface area contributed by atoms with Gasteiger partial charge in [-0.3, -0.25) is 9.48 Å². The van der Waals surface area contributed by atoms with Crippen molar-refractivity contribution in [2.24, 2.45) is 7.05 Å². The summed E-state index contributed by atoms with van der Waals surface area (Å²) in [5.41, 5.74) is 7.53. The summed E-state index contributed by atoms with van der Waals surface area (Å²) in [5.74, 6) is 0.766. The van der Waals surface area contributed by atoms with Gasteiger partial charge in [0.15, 0.2) is 5.82 Å². The number of nitrogens with zero attached hydrogens (tertiary/aromatic N) is 3. The molecule has 1 rings (SSSR count). The molecule has 0 spiro atoms. The molecule has 6 nitrogen and oxygen atoms in total. The van der Waals surface area contributed by atoms with E-state index in [-0.39, 0.29) is 12.5 Å². The molecule has 96 valence electrons. The van der Waals surface area contributed by atoms with Gasteiger partial charge in [0.2, 0.25) is 5.91 Å². The number of nitrogens with one attached hydrogen (secondary N) is 1. The van der Waals surface area contributed by atoms with E-state index in [0.717, 1.165) is 17.9 Å². The van der Waals surface area contributed by atoms with Crippen LogP contribution in [0.3, 0.4) is 0 Å². The molecule has 0 fully saturated rings. The number of nitrogen functional groups attached to an aromatic ring is 1. The Kier molecular flexibility index (Phi) is 4.37. The Morgan fingerprint density at radius 2 is 2.18 bits per heavy atom. The van der Waals surface area contributed by atoms with E-state index in [1.165, 1.54) is 0 Å². The molecule has 1 aromatic rings. The van der Waals surface area contributed by atoms with E-state index >= 15 is 0 Å². The Bertz CT molecular complexity index is 399. The van der Waals surface area contributed by atoms with Gasteiger partial charge in [-0.15, -0.1) is 0 Å². The third kappa shape index (κ3) is 2.89. The van der Waals surface area contributed by atoms with Gasteiger partial charge in [0.25, 0.3) is 0 Å². The Morgan fingerprint density at radius 1 is 1.53 bits per heavy atom. The van der Waals surface area contributed by atoms with Crippen molar-refractivity contribution in [1.29, 1.82) is 0 Å². The second-order valence-electron chi connectivity index (χ2n) is 3.97. The van der Waals surface area contributed by atoms with E-state index in [2.05, 4.69) is 10.4 Å². The topological polar surface area (TPSA) is 76.2 Å². The number of nitrogens with two attached hydrogens (primary N) is 1. The zero-order chi connectivity index (χ0) is 13.0. The molecule has 0 bridgehead atoms. The Labute approximate surface area is 102 Å². The van der Waals surface area contributed by atoms with Crippen molar-refractivity contribution < 1.29 is 4.79 Å². The minimum atomic E-state index is -0.0198. The minimum Gasteiger partial charge on any atom is -0.394 e. The SMILES string of the molecule is CCNC(=O)CN(C)c1c(N)c(CC)nn1C. The number of likely N-dealkylation sites (N-methyl/N-ethyl adjacent to an activating group) is 2. The lowest BCUT2D eigenvalue weighted by Gasteiger charge is -2.19. The fourth-order valence-electron chi connectivity index (χ4n) is 1.84. The van der Waals surface area contributed by atoms with E-state index in [1.54, 1.807) is 4.68 Å². The minimum absolute atomic E-state index is 0.0198. The molecule has 3 N–H and O–H groups in total. The second kappa shape index (κ2) is 5.56. The van der Waals surface area contributed by atoms with Crippen molar-refractivity contribution in [3.05, 3.63) is 5.69 Å². The van der Waals surface area contributed by atoms with Crippen LogP contribution in [0.15, 0.2) is 0 Å². The van der Waals surface area contributed by atoms with Gasteiger partial charge in [-0.1, -0.05) is 6.92 Å². The zero-order valence-corrected chi connectivity index (χ0v) is 10.9. The average Bonchev–Trinajstić information content (AvgIpc) is 2.53. The highest BCUT2D eigenvalue weighted by Crippen LogP contribution is 2.25. The molecule has 0 aromatic carbocycles. The number of rotatable bonds is 5. The van der Waals surface area contributed by atoms with Crippen LogP contribution in [0.1, 0.15) is 19.5 Å². The summed E-state index contributed by atoms with van der Waals surface area (Å²) in [6.07, 6.45) is 0.786. The highest BCUT2D eigenvalue weighted by atomic mass is 16.2. The first-order valence-corrected chi connectivity index (χ1v) is 5.80. The maximum absolute atomic E-state index is 11.5. The van der Waals surface area contributed by atoms with Crippen molar-refractivity contribution in [1.82, 2.24) is 15.1 Å². The number of amides is 1. The van der Waals surface area contributed by atoms with Gasteiger partial charge in [-0.05, 0) is 13.3 Å². The summed E-state index contributed by atoms with van der Waals surface area (Å²) in [7, 11) is 3.67. The molecule has 1 aromatic heterocycles. The summed E-state index contributed by atoms with van der Waals surface area (Å²) in [6.45, 7) is 4.81. The lowest BCUT2D eigenvalue weighted by atomic mass is 10.3. The number of hydrogen-bond donors (Lipinski definition) is 2. The number of anilines is 2. The first-order valence-electron chi connectivity index (χ1n) is 5.80. The van der Waals surface area contributed by atoms with Gasteiger partial charge in [0, 0.05) is 20.6 Å². The fraction of sp³-hybridized carbons (Fsp3) is 0.636. The molecule has 1 amide bonds. The van der Waals surface area contributed by atoms with Gasteiger partial charge in [-0.25, -0.2) is 0 Å². The standard InChI is InChI=1S/C11H21N5O/c1-5-8-10(12)11(16(4)14-8)15(3)7-9(17)13-6-2/h5-7,12H2,1-4H3,(H,13,17). The van der Waals surface area contributed by atoms with E-state index in [0.29, 0.717) is 12.2 Å². The number of carbonyl (C=O) groups excluding carboxylic acids is 1. The van der Waals surface area contributed by atoms with E-state index in [1.807, 2.05) is 32.8 Å². The highest BCUT2D eigenvalue weighted by Gasteiger charge is 2.17. The molecule has 0 atom stereocenters. The average molecular weight is 239 g/mol. The van der Waals surface area contributed by atoms with Crippen molar-refractivity contribution in [3.8, 4) is 0 Å². The monoisotopic (exact) mass is 239 g/mol. The van der Waals surface area contributed by atoms with Crippen molar-refractivity contribution in [3.63, 3.8) is 0 Å². The van der Waals surface area contributed by atoms with Gasteiger partial charge < -0.3 is 16.0 Å². The number of carbonyl (C=O) groups is 1. The first kappa shape index (κ1) is 13.3. The summed E-state index contributed by atoms with van der Waals surface area (Å²) in [5, 5.41) is 7.08. The van der Waals surface area contributed by atoms with Crippen molar-refractivity contribution >= 4 is 17.4 Å². The molecule has 0 aliphatic heterocycles. The number of aromatic nitrogens is 2. The predicted molar refractivity (Wildman–Crippen MR) is 69.0 cm³/mol. The van der Waals surface area contributed by atoms with Gasteiger partial charge in [0.05, 0.1) is 17.9 Å². The predicted octanol–water partition coefficient (Wildman–Crippen LogP) is 0.137. The molecule has 0 aliphatic carbocycles. The van der Waals surface area contributed by atoms with Gasteiger partial charge >= 0.3 is 0 Å². The van der Waals surface area contributed by atoms with Crippen LogP contribution in [0.4, 0.5) is 11.5 Å². The van der Waals surface area contributed by atoms with Crippen LogP contribution in [0.25, 0.3) is 0 Å². The lowest BCUT2D eigenvalue weighted by molar-refractivity contribution is -0.119. The third-order valence-corrected chi connectivity index (χ3v) is 2.58. The van der Waals surface area contributed by atoms with Crippen LogP contribution < -0.4 is 16.0 Å². The summed E-state index contributed by atoms with van der Waals surface area (Å²) in [6, 6.07) is 0. The third-order valence-electron chi connectivity index (χ3n) is 2.58. The van der Waals surface area contributed by atoms with Crippen LogP contribution in [0, 0.1) is 0 Å². The molecule has 1 heterocycles. The summed E-state index contributed by atoms with van der Waals surface area (Å²) >= 11 is 0. The molecule has 0 aliphatic rings. The normalized spacial score (nSPS) is 10.4. The molecule has 0 saturated heterocycles. The fourth-order valence-corrected chi connectivity index (χ4v) is 1.84. The summed E-state index contributed by atoms with van der Waals surface area (Å²) < 4.78 is 1.72. The van der Waals surface area contributed by atoms with Crippen LogP contribution in [0.2, 0.25) is 0 Å². The molecule has 17 heavy (non-hydrogen) atoms. The van der Waals surface area contributed by atoms with Gasteiger partial charge in [0.1, 0.15) is 0 Å². The van der Waals surface area contributed by atoms with E-state index < -0.39 is 0 Å². The van der Waals surface area contributed by atoms with Crippen molar-refractivity contribution in [2.75, 3.05) is 30.8 Å². The van der Waals surface area contributed by atoms with E-state index in [9.17, 15) is 4.79 Å². The molecular weight excluding hydrogens is 218 g/mol. The molecule has 6 heteroatoms. The molecule has 0 radical (unpaired) electrons. The maximum Gasteiger partial charge on any atom is 0.239 e. The smallest absolute Gasteiger partial charge is 0.239 e. The van der Waals surface area contributed by atoms with Crippen molar-refractivity contribution in [2.45, 2.75) is 20.3 Å². The lowest BCUT2D eigenvalue weighted by Crippen LogP contribution is -2.36. The quantitative estimate of drug-likeness (QED) is 0.766. The molecule has 0 unspecified atom stereocenters. The highest BCUT2D eigenvalue weighted by molar-refractivity contribution is 5.82. The Morgan fingerprint density at radius 3 is 2.65 bits per heavy atom. The van der Waals surface area contributed by atoms with Gasteiger partial charge in [-0.2, -0.15) is 5.10 Å². The number of aryl methyl sites for hydroxylation is 2. The van der Waals surface area contributed by atoms with Crippen LogP contribution in [-0.2, 0) is 18.3 Å². The Balaban J connectivity index is 2.85. The van der Waals surface area contributed by atoms with Crippen LogP contribution in [-0.4, -0.2) is 35.8 Å². The summed E-state index contributed by atoms with van der Waals surface area (Å²) in [4.78, 5) is 13.3. The zero-order valence-electron chi connectivity index (χ0n) is 10.9. The van der Waals surface area contributed by atoms with Crippen LogP contribution >= 0.6 is 0 Å². The first-order chi connectivity index (χ1) is 8.01. The molecular formula is C11H21N5O. The molecule has 0 saturated carbocycles. The second-order valence-corrected chi connectivity index (χ2v) is 3.97. The van der Waals surface area contributed by atoms with Crippen LogP contribution in [0.5, 0.6) is 0 Å². The van der Waals surface area contributed by atoms with E-state index in [4.69, 9.17) is 5.73 Å². The Hall–Kier alpha value is -1.72. The number of hydrogen-bond acceptors (Lipinski definition) is 4.